The van der Waals surface area contributed by atoms with Gasteiger partial charge in [0.2, 0.25) is 5.91 Å². The highest BCUT2D eigenvalue weighted by Crippen LogP contribution is 2.10. The van der Waals surface area contributed by atoms with Crippen LogP contribution in [0.15, 0.2) is 12.2 Å². The number of carboxylic acid groups (broad SMARTS) is 1. The van der Waals surface area contributed by atoms with Crippen molar-refractivity contribution in [3.63, 3.8) is 0 Å². The van der Waals surface area contributed by atoms with Gasteiger partial charge in [0, 0.05) is 6.42 Å². The molecule has 0 rings (SSSR count). The number of carbonyl (C=O) groups excluding carboxylic acids is 1. The van der Waals surface area contributed by atoms with Gasteiger partial charge in [-0.05, 0) is 50.5 Å². The zero-order valence-corrected chi connectivity index (χ0v) is 19.0. The fourth-order valence-electron chi connectivity index (χ4n) is 3.12. The van der Waals surface area contributed by atoms with Gasteiger partial charge in [-0.1, -0.05) is 70.4 Å². The first-order chi connectivity index (χ1) is 13.6. The third-order valence-electron chi connectivity index (χ3n) is 4.91. The number of rotatable bonds is 20. The molecule has 4 nitrogen and oxygen atoms in total. The van der Waals surface area contributed by atoms with E-state index in [1.807, 2.05) is 6.26 Å². The Morgan fingerprint density at radius 2 is 1.43 bits per heavy atom. The van der Waals surface area contributed by atoms with Gasteiger partial charge in [0.05, 0.1) is 0 Å². The van der Waals surface area contributed by atoms with Crippen LogP contribution in [0.2, 0.25) is 0 Å². The van der Waals surface area contributed by atoms with Crippen molar-refractivity contribution in [3.05, 3.63) is 12.2 Å². The van der Waals surface area contributed by atoms with E-state index in [0.717, 1.165) is 31.4 Å². The van der Waals surface area contributed by atoms with Gasteiger partial charge < -0.3 is 10.4 Å². The van der Waals surface area contributed by atoms with Crippen LogP contribution in [0.25, 0.3) is 0 Å². The van der Waals surface area contributed by atoms with Crippen molar-refractivity contribution in [2.24, 2.45) is 0 Å². The molecular formula is C23H43NO3S. The quantitative estimate of drug-likeness (QED) is 0.180. The van der Waals surface area contributed by atoms with Gasteiger partial charge in [0.1, 0.15) is 6.04 Å². The van der Waals surface area contributed by atoms with Crippen LogP contribution >= 0.6 is 11.8 Å². The second kappa shape index (κ2) is 20.8. The van der Waals surface area contributed by atoms with Crippen LogP contribution < -0.4 is 5.32 Å². The van der Waals surface area contributed by atoms with Crippen molar-refractivity contribution in [1.29, 1.82) is 0 Å². The lowest BCUT2D eigenvalue weighted by molar-refractivity contribution is -0.141. The molecule has 0 aliphatic heterocycles. The van der Waals surface area contributed by atoms with Gasteiger partial charge in [-0.3, -0.25) is 4.79 Å². The number of carbonyl (C=O) groups is 2. The predicted molar refractivity (Wildman–Crippen MR) is 122 cm³/mol. The van der Waals surface area contributed by atoms with E-state index >= 15 is 0 Å². The van der Waals surface area contributed by atoms with Gasteiger partial charge in [-0.25, -0.2) is 4.79 Å². The number of hydrogen-bond acceptors (Lipinski definition) is 3. The fraction of sp³-hybridized carbons (Fsp3) is 0.826. The van der Waals surface area contributed by atoms with Crippen molar-refractivity contribution in [3.8, 4) is 0 Å². The van der Waals surface area contributed by atoms with E-state index in [1.54, 1.807) is 11.8 Å². The molecule has 0 bridgehead atoms. The maximum Gasteiger partial charge on any atom is 0.326 e. The predicted octanol–water partition coefficient (Wildman–Crippen LogP) is 6.35. The number of amides is 1. The molecule has 0 heterocycles. The molecule has 0 aromatic heterocycles. The molecule has 0 radical (unpaired) electrons. The minimum atomic E-state index is -0.938. The van der Waals surface area contributed by atoms with E-state index in [-0.39, 0.29) is 5.91 Å². The maximum atomic E-state index is 11.9. The Morgan fingerprint density at radius 1 is 0.893 bits per heavy atom. The summed E-state index contributed by atoms with van der Waals surface area (Å²) in [5, 5.41) is 11.8. The summed E-state index contributed by atoms with van der Waals surface area (Å²) in [7, 11) is 0. The third-order valence-corrected chi connectivity index (χ3v) is 5.55. The molecule has 0 aromatic carbocycles. The van der Waals surface area contributed by atoms with E-state index in [9.17, 15) is 9.59 Å². The minimum absolute atomic E-state index is 0.133. The van der Waals surface area contributed by atoms with Crippen molar-refractivity contribution in [1.82, 2.24) is 5.32 Å². The van der Waals surface area contributed by atoms with E-state index in [4.69, 9.17) is 5.11 Å². The lowest BCUT2D eigenvalue weighted by atomic mass is 10.1. The summed E-state index contributed by atoms with van der Waals surface area (Å²) in [6.07, 6.45) is 23.5. The Hall–Kier alpha value is -0.970. The van der Waals surface area contributed by atoms with E-state index in [1.165, 1.54) is 57.8 Å². The van der Waals surface area contributed by atoms with Gasteiger partial charge in [-0.2, -0.15) is 11.8 Å². The molecule has 0 saturated carbocycles. The SMILES string of the molecule is CCCCCCCCC=CCCCCCCCC(=O)N[C@@H](CCSC)C(=O)O. The highest BCUT2D eigenvalue weighted by atomic mass is 32.2. The average molecular weight is 414 g/mol. The number of aliphatic carboxylic acids is 1. The standard InChI is InChI=1S/C23H43NO3S/c1-3-4-5-6-7-8-9-10-11-12-13-14-15-16-17-18-22(25)24-21(23(26)27)19-20-28-2/h10-11,21H,3-9,12-20H2,1-2H3,(H,24,25)(H,26,27)/t21-/m0/s1. The lowest BCUT2D eigenvalue weighted by Gasteiger charge is -2.13. The lowest BCUT2D eigenvalue weighted by Crippen LogP contribution is -2.41. The second-order valence-corrected chi connectivity index (χ2v) is 8.56. The second-order valence-electron chi connectivity index (χ2n) is 7.57. The number of allylic oxidation sites excluding steroid dienone is 2. The van der Waals surface area contributed by atoms with Gasteiger partial charge in [0.25, 0.3) is 0 Å². The number of carboxylic acids is 1. The van der Waals surface area contributed by atoms with Crippen molar-refractivity contribution < 1.29 is 14.7 Å². The molecule has 0 unspecified atom stereocenters. The molecule has 0 aliphatic carbocycles. The Kier molecular flexibility index (Phi) is 20.0. The zero-order valence-electron chi connectivity index (χ0n) is 18.2. The summed E-state index contributed by atoms with van der Waals surface area (Å²) in [4.78, 5) is 23.0. The first kappa shape index (κ1) is 27.0. The van der Waals surface area contributed by atoms with Crippen LogP contribution in [0, 0.1) is 0 Å². The number of nitrogens with one attached hydrogen (secondary N) is 1. The Balaban J connectivity index is 3.47. The first-order valence-electron chi connectivity index (χ1n) is 11.3. The molecule has 0 saturated heterocycles. The van der Waals surface area contributed by atoms with Gasteiger partial charge in [0.15, 0.2) is 0 Å². The molecule has 1 amide bonds. The molecule has 28 heavy (non-hydrogen) atoms. The Labute approximate surface area is 177 Å². The zero-order chi connectivity index (χ0) is 20.9. The molecule has 0 fully saturated rings. The Morgan fingerprint density at radius 3 is 1.96 bits per heavy atom. The number of thioether (sulfide) groups is 1. The monoisotopic (exact) mass is 413 g/mol. The van der Waals surface area contributed by atoms with Crippen molar-refractivity contribution in [2.45, 2.75) is 109 Å². The summed E-state index contributed by atoms with van der Waals surface area (Å²) in [5.41, 5.74) is 0. The summed E-state index contributed by atoms with van der Waals surface area (Å²) in [6, 6.07) is -0.747. The number of unbranched alkanes of at least 4 members (excludes halogenated alkanes) is 11. The molecular weight excluding hydrogens is 370 g/mol. The smallest absolute Gasteiger partial charge is 0.326 e. The van der Waals surface area contributed by atoms with Crippen molar-refractivity contribution >= 4 is 23.6 Å². The fourth-order valence-corrected chi connectivity index (χ4v) is 3.59. The summed E-state index contributed by atoms with van der Waals surface area (Å²) in [6.45, 7) is 2.25. The van der Waals surface area contributed by atoms with Crippen LogP contribution in [-0.2, 0) is 9.59 Å². The van der Waals surface area contributed by atoms with Crippen LogP contribution in [-0.4, -0.2) is 35.0 Å². The average Bonchev–Trinajstić information content (AvgIpc) is 2.67. The first-order valence-corrected chi connectivity index (χ1v) is 12.7. The van der Waals surface area contributed by atoms with E-state index < -0.39 is 12.0 Å². The molecule has 164 valence electrons. The highest BCUT2D eigenvalue weighted by Gasteiger charge is 2.18. The van der Waals surface area contributed by atoms with Crippen molar-refractivity contribution in [2.75, 3.05) is 12.0 Å². The molecule has 0 aromatic rings. The van der Waals surface area contributed by atoms with E-state index in [2.05, 4.69) is 24.4 Å². The van der Waals surface area contributed by atoms with E-state index in [0.29, 0.717) is 12.8 Å². The normalized spacial score (nSPS) is 12.4. The topological polar surface area (TPSA) is 66.4 Å². The minimum Gasteiger partial charge on any atom is -0.480 e. The summed E-state index contributed by atoms with van der Waals surface area (Å²) >= 11 is 1.59. The van der Waals surface area contributed by atoms with Crippen LogP contribution in [0.1, 0.15) is 103 Å². The van der Waals surface area contributed by atoms with Crippen LogP contribution in [0.5, 0.6) is 0 Å². The molecule has 5 heteroatoms. The third kappa shape index (κ3) is 18.4. The molecule has 2 N–H and O–H groups in total. The molecule has 0 spiro atoms. The van der Waals surface area contributed by atoms with Gasteiger partial charge >= 0.3 is 5.97 Å². The van der Waals surface area contributed by atoms with Gasteiger partial charge in [-0.15, -0.1) is 0 Å². The number of hydrogen-bond donors (Lipinski definition) is 2. The molecule has 0 aliphatic rings. The largest absolute Gasteiger partial charge is 0.480 e. The summed E-state index contributed by atoms with van der Waals surface area (Å²) < 4.78 is 0. The highest BCUT2D eigenvalue weighted by molar-refractivity contribution is 7.98. The van der Waals surface area contributed by atoms with Crippen LogP contribution in [0.4, 0.5) is 0 Å². The summed E-state index contributed by atoms with van der Waals surface area (Å²) in [5.74, 6) is -0.330. The Bertz CT molecular complexity index is 413. The van der Waals surface area contributed by atoms with Crippen LogP contribution in [0.3, 0.4) is 0 Å². The molecule has 1 atom stereocenters. The maximum absolute atomic E-state index is 11.9.